The third-order valence-electron chi connectivity index (χ3n) is 13.5. The SMILES string of the molecule is Cc1cccc(-c2ccc(-c3ccccc3-c3cc(-c4ccccc4-c4ccc(-c5cccc(C)c5)nc4)cc(-c4ccccc4-c4cnc(-c5cccc(Oc6cccc(-c7ccccc7)n6)c5)nc4)c3)cn2)c1. The minimum absolute atomic E-state index is 0.509. The van der Waals surface area contributed by atoms with Crippen molar-refractivity contribution in [1.82, 2.24) is 24.9 Å². The fourth-order valence-corrected chi connectivity index (χ4v) is 9.79. The summed E-state index contributed by atoms with van der Waals surface area (Å²) in [5, 5.41) is 0. The molecule has 0 bridgehead atoms. The average molecular weight is 964 g/mol. The molecule has 0 aliphatic heterocycles. The van der Waals surface area contributed by atoms with Crippen LogP contribution >= 0.6 is 0 Å². The molecule has 0 fully saturated rings. The van der Waals surface area contributed by atoms with E-state index < -0.39 is 0 Å². The second-order valence-electron chi connectivity index (χ2n) is 18.7. The highest BCUT2D eigenvalue weighted by Gasteiger charge is 2.18. The fourth-order valence-electron chi connectivity index (χ4n) is 9.79. The van der Waals surface area contributed by atoms with Crippen molar-refractivity contribution >= 4 is 0 Å². The Labute approximate surface area is 437 Å². The zero-order valence-corrected chi connectivity index (χ0v) is 41.5. The molecule has 0 atom stereocenters. The van der Waals surface area contributed by atoms with Crippen molar-refractivity contribution in [2.45, 2.75) is 13.8 Å². The molecule has 12 rings (SSSR count). The van der Waals surface area contributed by atoms with Gasteiger partial charge in [0.05, 0.1) is 17.1 Å². The number of ether oxygens (including phenoxy) is 1. The van der Waals surface area contributed by atoms with Crippen LogP contribution in [-0.4, -0.2) is 24.9 Å². The van der Waals surface area contributed by atoms with Gasteiger partial charge in [-0.25, -0.2) is 15.0 Å². The number of aromatic nitrogens is 5. The van der Waals surface area contributed by atoms with Crippen LogP contribution in [0.2, 0.25) is 0 Å². The van der Waals surface area contributed by atoms with E-state index in [0.717, 1.165) is 106 Å². The molecule has 0 spiro atoms. The molecule has 0 aliphatic carbocycles. The lowest BCUT2D eigenvalue weighted by Gasteiger charge is -2.18. The lowest BCUT2D eigenvalue weighted by atomic mass is 9.86. The molecule has 8 aromatic carbocycles. The van der Waals surface area contributed by atoms with Crippen LogP contribution in [0.1, 0.15) is 11.1 Å². The van der Waals surface area contributed by atoms with Gasteiger partial charge in [0.2, 0.25) is 5.88 Å². The summed E-state index contributed by atoms with van der Waals surface area (Å²) in [5.41, 5.74) is 21.8. The first-order valence-electron chi connectivity index (χ1n) is 25.1. The van der Waals surface area contributed by atoms with Gasteiger partial charge >= 0.3 is 0 Å². The van der Waals surface area contributed by atoms with E-state index in [1.165, 1.54) is 11.1 Å². The summed E-state index contributed by atoms with van der Waals surface area (Å²) >= 11 is 0. The van der Waals surface area contributed by atoms with Gasteiger partial charge in [0.15, 0.2) is 5.82 Å². The Bertz CT molecular complexity index is 3830. The quantitative estimate of drug-likeness (QED) is 0.121. The molecule has 4 aromatic heterocycles. The van der Waals surface area contributed by atoms with E-state index in [1.807, 2.05) is 97.6 Å². The molecule has 0 amide bonds. The predicted octanol–water partition coefficient (Wildman–Crippen LogP) is 17.7. The third-order valence-corrected chi connectivity index (χ3v) is 13.5. The minimum Gasteiger partial charge on any atom is -0.439 e. The number of aryl methyl sites for hydroxylation is 2. The standard InChI is InChI=1S/C69H49N5O/c1-46-16-12-20-49(36-46)65-34-32-52(42-70-65)59-24-6-8-26-61(59)54-38-55(62-27-9-7-25-60(62)53-33-35-66(71-43-53)50-21-13-17-47(2)37-50)40-56(39-54)63-28-10-11-29-64(63)57-44-72-69(73-45-57)51-22-14-23-58(41-51)75-68-31-15-30-67(74-68)48-18-4-3-5-19-48/h3-45H,1-2H3. The molecule has 0 radical (unpaired) electrons. The van der Waals surface area contributed by atoms with E-state index in [1.54, 1.807) is 0 Å². The first-order valence-corrected chi connectivity index (χ1v) is 25.1. The Kier molecular flexibility index (Phi) is 12.7. The Morgan fingerprint density at radius 1 is 0.267 bits per heavy atom. The number of hydrogen-bond acceptors (Lipinski definition) is 6. The maximum atomic E-state index is 6.29. The smallest absolute Gasteiger partial charge is 0.219 e. The monoisotopic (exact) mass is 963 g/mol. The third kappa shape index (κ3) is 10.0. The summed E-state index contributed by atoms with van der Waals surface area (Å²) in [6.45, 7) is 4.22. The van der Waals surface area contributed by atoms with Gasteiger partial charge in [0, 0.05) is 69.8 Å². The van der Waals surface area contributed by atoms with Crippen molar-refractivity contribution in [3.8, 4) is 124 Å². The van der Waals surface area contributed by atoms with Gasteiger partial charge in [0.25, 0.3) is 0 Å². The van der Waals surface area contributed by atoms with Crippen LogP contribution in [-0.2, 0) is 0 Å². The number of pyridine rings is 3. The van der Waals surface area contributed by atoms with Gasteiger partial charge in [-0.15, -0.1) is 0 Å². The van der Waals surface area contributed by atoms with Crippen LogP contribution in [0, 0.1) is 13.8 Å². The van der Waals surface area contributed by atoms with Crippen molar-refractivity contribution in [3.05, 3.63) is 273 Å². The van der Waals surface area contributed by atoms with Crippen LogP contribution in [0.15, 0.2) is 261 Å². The summed E-state index contributed by atoms with van der Waals surface area (Å²) < 4.78 is 6.29. The Hall–Kier alpha value is -9.91. The fraction of sp³-hybridized carbons (Fsp3) is 0.0290. The minimum atomic E-state index is 0.509. The van der Waals surface area contributed by atoms with E-state index >= 15 is 0 Å². The van der Waals surface area contributed by atoms with E-state index in [0.29, 0.717) is 17.5 Å². The predicted molar refractivity (Wildman–Crippen MR) is 306 cm³/mol. The molecule has 6 heteroatoms. The molecule has 0 saturated heterocycles. The van der Waals surface area contributed by atoms with Crippen molar-refractivity contribution in [2.24, 2.45) is 0 Å². The second-order valence-corrected chi connectivity index (χ2v) is 18.7. The molecule has 0 aliphatic rings. The van der Waals surface area contributed by atoms with Crippen LogP contribution < -0.4 is 4.74 Å². The van der Waals surface area contributed by atoms with Gasteiger partial charge in [-0.2, -0.15) is 0 Å². The Morgan fingerprint density at radius 3 is 1.19 bits per heavy atom. The van der Waals surface area contributed by atoms with Crippen molar-refractivity contribution in [3.63, 3.8) is 0 Å². The molecule has 75 heavy (non-hydrogen) atoms. The van der Waals surface area contributed by atoms with Gasteiger partial charge < -0.3 is 4.74 Å². The van der Waals surface area contributed by atoms with Crippen molar-refractivity contribution in [2.75, 3.05) is 0 Å². The van der Waals surface area contributed by atoms with E-state index in [2.05, 4.69) is 178 Å². The molecule has 6 nitrogen and oxygen atoms in total. The number of nitrogens with zero attached hydrogens (tertiary/aromatic N) is 5. The van der Waals surface area contributed by atoms with Crippen molar-refractivity contribution in [1.29, 1.82) is 0 Å². The summed E-state index contributed by atoms with van der Waals surface area (Å²) in [4.78, 5) is 24.6. The topological polar surface area (TPSA) is 73.7 Å². The molecular weight excluding hydrogens is 915 g/mol. The molecule has 4 heterocycles. The summed E-state index contributed by atoms with van der Waals surface area (Å²) in [7, 11) is 0. The lowest BCUT2D eigenvalue weighted by Crippen LogP contribution is -1.94. The first-order chi connectivity index (χ1) is 37.0. The van der Waals surface area contributed by atoms with E-state index in [9.17, 15) is 0 Å². The first kappa shape index (κ1) is 46.2. The zero-order chi connectivity index (χ0) is 50.5. The molecule has 0 N–H and O–H groups in total. The lowest BCUT2D eigenvalue weighted by molar-refractivity contribution is 0.464. The van der Waals surface area contributed by atoms with Crippen LogP contribution in [0.25, 0.3) is 112 Å². The zero-order valence-electron chi connectivity index (χ0n) is 41.5. The number of benzene rings is 8. The Balaban J connectivity index is 0.923. The normalized spacial score (nSPS) is 11.1. The highest BCUT2D eigenvalue weighted by Crippen LogP contribution is 2.42. The van der Waals surface area contributed by atoms with Gasteiger partial charge in [-0.1, -0.05) is 181 Å². The molecular formula is C69H49N5O. The number of hydrogen-bond donors (Lipinski definition) is 0. The number of rotatable bonds is 12. The summed E-state index contributed by atoms with van der Waals surface area (Å²) in [6, 6.07) is 82.0. The van der Waals surface area contributed by atoms with Crippen LogP contribution in [0.4, 0.5) is 0 Å². The van der Waals surface area contributed by atoms with Gasteiger partial charge in [-0.05, 0) is 125 Å². The molecule has 12 aromatic rings. The molecule has 0 unspecified atom stereocenters. The van der Waals surface area contributed by atoms with Gasteiger partial charge in [0.1, 0.15) is 5.75 Å². The molecule has 0 saturated carbocycles. The second kappa shape index (κ2) is 20.7. The summed E-state index contributed by atoms with van der Waals surface area (Å²) in [6.07, 6.45) is 7.81. The van der Waals surface area contributed by atoms with E-state index in [4.69, 9.17) is 29.7 Å². The van der Waals surface area contributed by atoms with Crippen LogP contribution in [0.5, 0.6) is 11.6 Å². The van der Waals surface area contributed by atoms with Crippen LogP contribution in [0.3, 0.4) is 0 Å². The highest BCUT2D eigenvalue weighted by atomic mass is 16.5. The highest BCUT2D eigenvalue weighted by molar-refractivity contribution is 5.94. The largest absolute Gasteiger partial charge is 0.439 e. The van der Waals surface area contributed by atoms with Gasteiger partial charge in [-0.3, -0.25) is 9.97 Å². The average Bonchev–Trinajstić information content (AvgIpc) is 3.48. The maximum Gasteiger partial charge on any atom is 0.219 e. The summed E-state index contributed by atoms with van der Waals surface area (Å²) in [5.74, 6) is 1.75. The van der Waals surface area contributed by atoms with E-state index in [-0.39, 0.29) is 0 Å². The molecule has 356 valence electrons. The van der Waals surface area contributed by atoms with Crippen molar-refractivity contribution < 1.29 is 4.74 Å². The Morgan fingerprint density at radius 2 is 0.693 bits per heavy atom. The maximum absolute atomic E-state index is 6.29.